The van der Waals surface area contributed by atoms with Crippen LogP contribution in [0.3, 0.4) is 0 Å². The van der Waals surface area contributed by atoms with Crippen molar-refractivity contribution in [2.45, 2.75) is 32.7 Å². The second-order valence-electron chi connectivity index (χ2n) is 9.62. The van der Waals surface area contributed by atoms with Crippen molar-refractivity contribution in [2.75, 3.05) is 66.0 Å². The molecule has 0 aliphatic carbocycles. The van der Waals surface area contributed by atoms with Crippen LogP contribution in [-0.2, 0) is 18.4 Å². The number of aryl methyl sites for hydroxylation is 1. The number of carbonyl (C=O) groups is 1. The number of benzene rings is 1. The molecule has 2 fully saturated rings. The predicted octanol–water partition coefficient (Wildman–Crippen LogP) is 2.54. The van der Waals surface area contributed by atoms with Crippen molar-refractivity contribution in [3.8, 4) is 5.75 Å². The molecule has 1 amide bonds. The van der Waals surface area contributed by atoms with Crippen LogP contribution in [0.2, 0.25) is 0 Å². The molecular formula is C26H41N5O2. The molecule has 1 aromatic carbocycles. The Morgan fingerprint density at radius 2 is 1.79 bits per heavy atom. The second-order valence-corrected chi connectivity index (χ2v) is 9.62. The van der Waals surface area contributed by atoms with Crippen molar-refractivity contribution in [2.24, 2.45) is 13.0 Å². The number of likely N-dealkylation sites (tertiary alicyclic amines) is 1. The van der Waals surface area contributed by atoms with Gasteiger partial charge in [-0.15, -0.1) is 0 Å². The molecule has 0 radical (unpaired) electrons. The summed E-state index contributed by atoms with van der Waals surface area (Å²) >= 11 is 0. The lowest BCUT2D eigenvalue weighted by Gasteiger charge is -2.34. The van der Waals surface area contributed by atoms with Gasteiger partial charge in [0.05, 0.1) is 7.11 Å². The molecule has 7 nitrogen and oxygen atoms in total. The molecule has 2 aromatic rings. The van der Waals surface area contributed by atoms with E-state index in [2.05, 4.69) is 56.9 Å². The summed E-state index contributed by atoms with van der Waals surface area (Å²) in [5.41, 5.74) is 2.56. The highest BCUT2D eigenvalue weighted by atomic mass is 16.5. The number of ether oxygens (including phenoxy) is 1. The van der Waals surface area contributed by atoms with Gasteiger partial charge >= 0.3 is 0 Å². The van der Waals surface area contributed by atoms with Gasteiger partial charge in [0.15, 0.2) is 0 Å². The van der Waals surface area contributed by atoms with E-state index < -0.39 is 0 Å². The first-order valence-corrected chi connectivity index (χ1v) is 12.6. The van der Waals surface area contributed by atoms with Crippen molar-refractivity contribution >= 4 is 16.8 Å². The minimum atomic E-state index is 0.155. The summed E-state index contributed by atoms with van der Waals surface area (Å²) in [5.74, 6) is 1.30. The smallest absolute Gasteiger partial charge is 0.223 e. The molecule has 2 aliphatic heterocycles. The summed E-state index contributed by atoms with van der Waals surface area (Å²) < 4.78 is 7.62. The van der Waals surface area contributed by atoms with Crippen LogP contribution in [0.15, 0.2) is 24.4 Å². The van der Waals surface area contributed by atoms with Crippen molar-refractivity contribution in [1.82, 2.24) is 24.6 Å². The third-order valence-electron chi connectivity index (χ3n) is 7.49. The number of methoxy groups -OCH3 is 1. The average Bonchev–Trinajstić information content (AvgIpc) is 3.16. The van der Waals surface area contributed by atoms with Crippen LogP contribution in [0.4, 0.5) is 0 Å². The highest BCUT2D eigenvalue weighted by Crippen LogP contribution is 2.28. The molecule has 182 valence electrons. The molecule has 0 saturated carbocycles. The van der Waals surface area contributed by atoms with Crippen molar-refractivity contribution < 1.29 is 9.53 Å². The number of nitrogens with zero attached hydrogens (tertiary/aromatic N) is 4. The number of rotatable bonds is 9. The zero-order valence-corrected chi connectivity index (χ0v) is 20.7. The Morgan fingerprint density at radius 3 is 2.48 bits per heavy atom. The van der Waals surface area contributed by atoms with Crippen molar-refractivity contribution in [1.29, 1.82) is 0 Å². The fourth-order valence-electron chi connectivity index (χ4n) is 5.29. The predicted molar refractivity (Wildman–Crippen MR) is 134 cm³/mol. The number of nitrogens with one attached hydrogen (secondary N) is 1. The zero-order valence-electron chi connectivity index (χ0n) is 20.7. The highest BCUT2D eigenvalue weighted by molar-refractivity contribution is 5.85. The van der Waals surface area contributed by atoms with Crippen LogP contribution in [0, 0.1) is 5.92 Å². The van der Waals surface area contributed by atoms with Gasteiger partial charge in [-0.25, -0.2) is 0 Å². The van der Waals surface area contributed by atoms with Gasteiger partial charge in [0.2, 0.25) is 5.91 Å². The molecule has 2 saturated heterocycles. The quantitative estimate of drug-likeness (QED) is 0.589. The summed E-state index contributed by atoms with van der Waals surface area (Å²) in [7, 11) is 3.81. The number of hydrogen-bond donors (Lipinski definition) is 1. The average molecular weight is 456 g/mol. The van der Waals surface area contributed by atoms with E-state index in [0.717, 1.165) is 77.4 Å². The number of likely N-dealkylation sites (N-methyl/N-ethyl adjacent to an activating group) is 1. The highest BCUT2D eigenvalue weighted by Gasteiger charge is 2.25. The fourth-order valence-corrected chi connectivity index (χ4v) is 5.29. The maximum absolute atomic E-state index is 12.7. The Bertz CT molecular complexity index is 911. The SMILES string of the molecule is CCN1CCN(CCCNC(=O)C2CCN(Cc3cn(C)c4ccc(OC)cc34)CC2)CC1. The summed E-state index contributed by atoms with van der Waals surface area (Å²) in [5, 5.41) is 4.46. The number of aromatic nitrogens is 1. The number of amides is 1. The van der Waals surface area contributed by atoms with Gasteiger partial charge in [-0.05, 0) is 69.2 Å². The lowest BCUT2D eigenvalue weighted by Crippen LogP contribution is -2.46. The maximum Gasteiger partial charge on any atom is 0.223 e. The van der Waals surface area contributed by atoms with Gasteiger partial charge in [0.25, 0.3) is 0 Å². The van der Waals surface area contributed by atoms with E-state index in [1.54, 1.807) is 7.11 Å². The number of piperidine rings is 1. The Kier molecular flexibility index (Phi) is 8.28. The fraction of sp³-hybridized carbons (Fsp3) is 0.654. The van der Waals surface area contributed by atoms with Gasteiger partial charge in [-0.3, -0.25) is 9.69 Å². The largest absolute Gasteiger partial charge is 0.497 e. The van der Waals surface area contributed by atoms with Gasteiger partial charge in [0.1, 0.15) is 5.75 Å². The molecule has 2 aliphatic rings. The molecule has 0 unspecified atom stereocenters. The lowest BCUT2D eigenvalue weighted by atomic mass is 9.95. The number of carbonyl (C=O) groups excluding carboxylic acids is 1. The van der Waals surface area contributed by atoms with Crippen LogP contribution >= 0.6 is 0 Å². The molecule has 3 heterocycles. The van der Waals surface area contributed by atoms with Crippen LogP contribution in [0.1, 0.15) is 31.7 Å². The molecule has 1 aromatic heterocycles. The number of fused-ring (bicyclic) bond motifs is 1. The van der Waals surface area contributed by atoms with E-state index in [9.17, 15) is 4.79 Å². The van der Waals surface area contributed by atoms with Gasteiger partial charge < -0.3 is 24.4 Å². The van der Waals surface area contributed by atoms with Crippen molar-refractivity contribution in [3.63, 3.8) is 0 Å². The van der Waals surface area contributed by atoms with Gasteiger partial charge in [-0.2, -0.15) is 0 Å². The van der Waals surface area contributed by atoms with E-state index in [4.69, 9.17) is 4.74 Å². The van der Waals surface area contributed by atoms with E-state index >= 15 is 0 Å². The van der Waals surface area contributed by atoms with Gasteiger partial charge in [-0.1, -0.05) is 6.92 Å². The van der Waals surface area contributed by atoms with Crippen molar-refractivity contribution in [3.05, 3.63) is 30.0 Å². The van der Waals surface area contributed by atoms with Crippen LogP contribution < -0.4 is 10.1 Å². The minimum absolute atomic E-state index is 0.155. The maximum atomic E-state index is 12.7. The Hall–Kier alpha value is -2.09. The Balaban J connectivity index is 1.18. The van der Waals surface area contributed by atoms with E-state index in [1.807, 2.05) is 6.07 Å². The number of hydrogen-bond acceptors (Lipinski definition) is 5. The van der Waals surface area contributed by atoms with E-state index in [0.29, 0.717) is 0 Å². The Morgan fingerprint density at radius 1 is 1.06 bits per heavy atom. The molecule has 0 atom stereocenters. The monoisotopic (exact) mass is 455 g/mol. The minimum Gasteiger partial charge on any atom is -0.497 e. The topological polar surface area (TPSA) is 53.0 Å². The summed E-state index contributed by atoms with van der Waals surface area (Å²) in [6, 6.07) is 6.27. The first kappa shape index (κ1) is 24.0. The molecule has 4 rings (SSSR count). The van der Waals surface area contributed by atoms with Gasteiger partial charge in [0, 0.05) is 69.3 Å². The molecule has 0 bridgehead atoms. The molecular weight excluding hydrogens is 414 g/mol. The zero-order chi connectivity index (χ0) is 23.2. The summed E-state index contributed by atoms with van der Waals surface area (Å²) in [4.78, 5) is 20.2. The van der Waals surface area contributed by atoms with Crippen LogP contribution in [0.5, 0.6) is 5.75 Å². The van der Waals surface area contributed by atoms with E-state index in [1.165, 1.54) is 29.6 Å². The Labute approximate surface area is 198 Å². The second kappa shape index (κ2) is 11.4. The first-order chi connectivity index (χ1) is 16.1. The standard InChI is InChI=1S/C26H41N5O2/c1-4-29-14-16-30(17-15-29)11-5-10-27-26(32)21-8-12-31(13-9-21)20-22-19-28(2)25-7-6-23(33-3)18-24(22)25/h6-7,18-19,21H,4-5,8-17,20H2,1-3H3,(H,27,32). The third-order valence-corrected chi connectivity index (χ3v) is 7.49. The summed E-state index contributed by atoms with van der Waals surface area (Å²) in [6.07, 6.45) is 5.16. The molecule has 33 heavy (non-hydrogen) atoms. The molecule has 0 spiro atoms. The lowest BCUT2D eigenvalue weighted by molar-refractivity contribution is -0.126. The third kappa shape index (κ3) is 6.08. The van der Waals surface area contributed by atoms with E-state index in [-0.39, 0.29) is 11.8 Å². The van der Waals surface area contributed by atoms with Crippen LogP contribution in [-0.4, -0.2) is 91.2 Å². The first-order valence-electron chi connectivity index (χ1n) is 12.6. The molecule has 7 heteroatoms. The number of piperazine rings is 1. The normalized spacial score (nSPS) is 19.2. The van der Waals surface area contributed by atoms with Crippen LogP contribution in [0.25, 0.3) is 10.9 Å². The summed E-state index contributed by atoms with van der Waals surface area (Å²) in [6.45, 7) is 12.8. The molecule has 1 N–H and O–H groups in total.